The first-order chi connectivity index (χ1) is 6.34. The lowest BCUT2D eigenvalue weighted by molar-refractivity contribution is 0.491. The van der Waals surface area contributed by atoms with E-state index in [1.54, 1.807) is 0 Å². The van der Waals surface area contributed by atoms with E-state index < -0.39 is 0 Å². The Bertz CT molecular complexity index is 318. The number of hydrogen-bond acceptors (Lipinski definition) is 1. The van der Waals surface area contributed by atoms with Gasteiger partial charge < -0.3 is 5.73 Å². The summed E-state index contributed by atoms with van der Waals surface area (Å²) in [6.07, 6.45) is 13.1. The lowest BCUT2D eigenvalue weighted by atomic mass is 9.90. The summed E-state index contributed by atoms with van der Waals surface area (Å²) in [5, 5.41) is 0. The van der Waals surface area contributed by atoms with Crippen LogP contribution >= 0.6 is 0 Å². The van der Waals surface area contributed by atoms with Crippen molar-refractivity contribution in [1.82, 2.24) is 0 Å². The number of allylic oxidation sites excluding steroid dienone is 5. The van der Waals surface area contributed by atoms with Crippen LogP contribution in [0.4, 0.5) is 0 Å². The van der Waals surface area contributed by atoms with E-state index in [2.05, 4.69) is 24.3 Å². The third-order valence-electron chi connectivity index (χ3n) is 3.44. The molecule has 2 N–H and O–H groups in total. The molecule has 1 saturated carbocycles. The Morgan fingerprint density at radius 1 is 1.38 bits per heavy atom. The highest BCUT2D eigenvalue weighted by molar-refractivity contribution is 5.46. The standard InChI is InChI=1S/C12H15N/c13-12-7-9(6-8-4-5-8)10-2-1-3-11(10)12/h1-3,7-10H,4-6,13H2/t9-,10?/m1/s1. The van der Waals surface area contributed by atoms with Crippen molar-refractivity contribution in [3.63, 3.8) is 0 Å². The van der Waals surface area contributed by atoms with Gasteiger partial charge in [-0.25, -0.2) is 0 Å². The molecule has 1 nitrogen and oxygen atoms in total. The summed E-state index contributed by atoms with van der Waals surface area (Å²) in [6.45, 7) is 0. The van der Waals surface area contributed by atoms with Gasteiger partial charge in [-0.1, -0.05) is 37.1 Å². The van der Waals surface area contributed by atoms with Gasteiger partial charge >= 0.3 is 0 Å². The van der Waals surface area contributed by atoms with Crippen molar-refractivity contribution in [2.24, 2.45) is 23.5 Å². The van der Waals surface area contributed by atoms with Crippen LogP contribution in [-0.4, -0.2) is 0 Å². The quantitative estimate of drug-likeness (QED) is 0.681. The fraction of sp³-hybridized carbons (Fsp3) is 0.500. The Labute approximate surface area is 79.0 Å². The van der Waals surface area contributed by atoms with Crippen LogP contribution in [0.25, 0.3) is 0 Å². The number of rotatable bonds is 2. The molecule has 0 saturated heterocycles. The molecule has 0 spiro atoms. The smallest absolute Gasteiger partial charge is 0.0315 e. The van der Waals surface area contributed by atoms with Gasteiger partial charge in [0.15, 0.2) is 0 Å². The molecule has 1 fully saturated rings. The Kier molecular flexibility index (Phi) is 1.43. The van der Waals surface area contributed by atoms with Crippen molar-refractivity contribution in [2.45, 2.75) is 19.3 Å². The molecule has 0 bridgehead atoms. The maximum atomic E-state index is 5.96. The average Bonchev–Trinajstić information content (AvgIpc) is 2.70. The minimum Gasteiger partial charge on any atom is -0.399 e. The summed E-state index contributed by atoms with van der Waals surface area (Å²) in [5.41, 5.74) is 8.35. The van der Waals surface area contributed by atoms with Crippen molar-refractivity contribution in [3.05, 3.63) is 35.6 Å². The second-order valence-corrected chi connectivity index (χ2v) is 4.50. The van der Waals surface area contributed by atoms with Gasteiger partial charge in [-0.2, -0.15) is 0 Å². The lowest BCUT2D eigenvalue weighted by Crippen LogP contribution is -2.07. The summed E-state index contributed by atoms with van der Waals surface area (Å²) in [4.78, 5) is 0. The van der Waals surface area contributed by atoms with Gasteiger partial charge in [0, 0.05) is 11.6 Å². The third-order valence-corrected chi connectivity index (χ3v) is 3.44. The topological polar surface area (TPSA) is 26.0 Å². The molecule has 0 aromatic rings. The van der Waals surface area contributed by atoms with E-state index in [1.165, 1.54) is 24.8 Å². The molecular weight excluding hydrogens is 158 g/mol. The first kappa shape index (κ1) is 7.43. The largest absolute Gasteiger partial charge is 0.399 e. The van der Waals surface area contributed by atoms with Gasteiger partial charge in [-0.15, -0.1) is 0 Å². The molecule has 3 rings (SSSR count). The van der Waals surface area contributed by atoms with Crippen LogP contribution in [0.3, 0.4) is 0 Å². The highest BCUT2D eigenvalue weighted by atomic mass is 14.6. The highest BCUT2D eigenvalue weighted by Crippen LogP contribution is 2.45. The minimum atomic E-state index is 0.626. The van der Waals surface area contributed by atoms with Crippen molar-refractivity contribution in [1.29, 1.82) is 0 Å². The number of fused-ring (bicyclic) bond motifs is 1. The average molecular weight is 173 g/mol. The molecule has 0 radical (unpaired) electrons. The fourth-order valence-electron chi connectivity index (χ4n) is 2.54. The van der Waals surface area contributed by atoms with E-state index in [4.69, 9.17) is 5.73 Å². The van der Waals surface area contributed by atoms with Crippen LogP contribution in [0.1, 0.15) is 19.3 Å². The third kappa shape index (κ3) is 1.14. The molecule has 0 aromatic carbocycles. The first-order valence-electron chi connectivity index (χ1n) is 5.20. The predicted molar refractivity (Wildman–Crippen MR) is 53.8 cm³/mol. The van der Waals surface area contributed by atoms with Gasteiger partial charge in [0.05, 0.1) is 0 Å². The summed E-state index contributed by atoms with van der Waals surface area (Å²) in [7, 11) is 0. The van der Waals surface area contributed by atoms with Crippen LogP contribution in [0, 0.1) is 17.8 Å². The molecule has 0 amide bonds. The summed E-state index contributed by atoms with van der Waals surface area (Å²) < 4.78 is 0. The predicted octanol–water partition coefficient (Wildman–Crippen LogP) is 2.37. The van der Waals surface area contributed by atoms with Crippen molar-refractivity contribution < 1.29 is 0 Å². The normalized spacial score (nSPS) is 36.0. The van der Waals surface area contributed by atoms with Crippen LogP contribution < -0.4 is 5.73 Å². The fourth-order valence-corrected chi connectivity index (χ4v) is 2.54. The first-order valence-corrected chi connectivity index (χ1v) is 5.20. The minimum absolute atomic E-state index is 0.626. The van der Waals surface area contributed by atoms with Crippen LogP contribution in [0.2, 0.25) is 0 Å². The van der Waals surface area contributed by atoms with Gasteiger partial charge in [0.1, 0.15) is 0 Å². The maximum Gasteiger partial charge on any atom is 0.0315 e. The Balaban J connectivity index is 1.81. The molecule has 0 heterocycles. The summed E-state index contributed by atoms with van der Waals surface area (Å²) in [6, 6.07) is 0. The zero-order chi connectivity index (χ0) is 8.84. The van der Waals surface area contributed by atoms with E-state index in [0.29, 0.717) is 11.8 Å². The number of nitrogens with two attached hydrogens (primary N) is 1. The van der Waals surface area contributed by atoms with Crippen molar-refractivity contribution in [3.8, 4) is 0 Å². The van der Waals surface area contributed by atoms with Gasteiger partial charge in [-0.3, -0.25) is 0 Å². The molecule has 0 aromatic heterocycles. The monoisotopic (exact) mass is 173 g/mol. The molecule has 13 heavy (non-hydrogen) atoms. The summed E-state index contributed by atoms with van der Waals surface area (Å²) in [5.74, 6) is 2.33. The van der Waals surface area contributed by atoms with E-state index in [-0.39, 0.29) is 0 Å². The molecule has 2 atom stereocenters. The van der Waals surface area contributed by atoms with Crippen LogP contribution in [0.15, 0.2) is 35.6 Å². The zero-order valence-corrected chi connectivity index (χ0v) is 7.74. The van der Waals surface area contributed by atoms with E-state index >= 15 is 0 Å². The zero-order valence-electron chi connectivity index (χ0n) is 7.74. The second-order valence-electron chi connectivity index (χ2n) is 4.50. The summed E-state index contributed by atoms with van der Waals surface area (Å²) >= 11 is 0. The van der Waals surface area contributed by atoms with Crippen LogP contribution in [-0.2, 0) is 0 Å². The van der Waals surface area contributed by atoms with E-state index in [1.807, 2.05) is 0 Å². The Morgan fingerprint density at radius 3 is 3.00 bits per heavy atom. The molecule has 0 aliphatic heterocycles. The van der Waals surface area contributed by atoms with Crippen LogP contribution in [0.5, 0.6) is 0 Å². The Hall–Kier alpha value is -0.980. The van der Waals surface area contributed by atoms with Gasteiger partial charge in [-0.05, 0) is 23.8 Å². The molecule has 1 unspecified atom stereocenters. The lowest BCUT2D eigenvalue weighted by Gasteiger charge is -2.13. The van der Waals surface area contributed by atoms with E-state index in [9.17, 15) is 0 Å². The van der Waals surface area contributed by atoms with Crippen molar-refractivity contribution >= 4 is 0 Å². The van der Waals surface area contributed by atoms with Gasteiger partial charge in [0.25, 0.3) is 0 Å². The Morgan fingerprint density at radius 2 is 2.23 bits per heavy atom. The maximum absolute atomic E-state index is 5.96. The number of hydrogen-bond donors (Lipinski definition) is 1. The van der Waals surface area contributed by atoms with Gasteiger partial charge in [0.2, 0.25) is 0 Å². The highest BCUT2D eigenvalue weighted by Gasteiger charge is 2.34. The SMILES string of the molecule is NC1=C[C@@H](CC2CC2)C2C=CC=C12. The van der Waals surface area contributed by atoms with Crippen molar-refractivity contribution in [2.75, 3.05) is 0 Å². The molecular formula is C12H15N. The van der Waals surface area contributed by atoms with E-state index in [0.717, 1.165) is 11.6 Å². The molecule has 1 heteroatoms. The second kappa shape index (κ2) is 2.50. The molecule has 3 aliphatic carbocycles. The molecule has 68 valence electrons. The molecule has 3 aliphatic rings.